The Balaban J connectivity index is 1.67. The Morgan fingerprint density at radius 3 is 2.18 bits per heavy atom. The summed E-state index contributed by atoms with van der Waals surface area (Å²) in [6.45, 7) is 1.51. The van der Waals surface area contributed by atoms with Gasteiger partial charge in [-0.25, -0.2) is 12.8 Å². The van der Waals surface area contributed by atoms with Gasteiger partial charge in [0.25, 0.3) is 0 Å². The average Bonchev–Trinajstić information content (AvgIpc) is 2.81. The molecule has 34 heavy (non-hydrogen) atoms. The van der Waals surface area contributed by atoms with Crippen LogP contribution in [-0.2, 0) is 27.5 Å². The van der Waals surface area contributed by atoms with Gasteiger partial charge in [-0.05, 0) is 66.1 Å². The largest absolute Gasteiger partial charge is 0.416 e. The lowest BCUT2D eigenvalue weighted by atomic mass is 10.0. The Morgan fingerprint density at radius 2 is 1.59 bits per heavy atom. The maximum absolute atomic E-state index is 13.1. The molecule has 0 radical (unpaired) electrons. The topological polar surface area (TPSA) is 66.5 Å². The van der Waals surface area contributed by atoms with Crippen LogP contribution in [0.1, 0.15) is 18.1 Å². The molecule has 3 aromatic rings. The third kappa shape index (κ3) is 5.81. The number of carbonyl (C=O) groups excluding carboxylic acids is 1. The standard InChI is InChI=1S/C24H22F4N2O3S/c1-16(30(2)34(32,33)22-12-10-21(25)11-13-22)23(31)29-15-17-4-3-5-19(14-17)18-6-8-20(9-7-18)24(26,27)28/h3-14,16H,15H2,1-2H3,(H,29,31)/t16-/m0/s1. The first-order valence-corrected chi connectivity index (χ1v) is 11.6. The highest BCUT2D eigenvalue weighted by Crippen LogP contribution is 2.31. The van der Waals surface area contributed by atoms with Crippen molar-refractivity contribution in [1.82, 2.24) is 9.62 Å². The highest BCUT2D eigenvalue weighted by Gasteiger charge is 2.30. The van der Waals surface area contributed by atoms with Gasteiger partial charge < -0.3 is 5.32 Å². The van der Waals surface area contributed by atoms with Crippen molar-refractivity contribution >= 4 is 15.9 Å². The van der Waals surface area contributed by atoms with E-state index in [0.717, 1.165) is 40.7 Å². The number of hydrogen-bond acceptors (Lipinski definition) is 3. The van der Waals surface area contributed by atoms with Gasteiger partial charge in [0, 0.05) is 13.6 Å². The second kappa shape index (κ2) is 9.94. The predicted molar refractivity (Wildman–Crippen MR) is 120 cm³/mol. The molecule has 3 aromatic carbocycles. The van der Waals surface area contributed by atoms with E-state index in [-0.39, 0.29) is 11.4 Å². The Kier molecular flexibility index (Phi) is 7.42. The summed E-state index contributed by atoms with van der Waals surface area (Å²) >= 11 is 0. The van der Waals surface area contributed by atoms with Crippen molar-refractivity contribution in [2.75, 3.05) is 7.05 Å². The molecule has 0 aliphatic rings. The first-order chi connectivity index (χ1) is 15.9. The minimum absolute atomic E-state index is 0.0854. The molecule has 1 amide bonds. The molecule has 5 nitrogen and oxygen atoms in total. The van der Waals surface area contributed by atoms with Gasteiger partial charge in [0.15, 0.2) is 0 Å². The molecule has 1 N–H and O–H groups in total. The summed E-state index contributed by atoms with van der Waals surface area (Å²) in [5, 5.41) is 2.67. The zero-order valence-corrected chi connectivity index (χ0v) is 19.1. The molecule has 0 unspecified atom stereocenters. The molecule has 0 aliphatic carbocycles. The SMILES string of the molecule is C[C@@H](C(=O)NCc1cccc(-c2ccc(C(F)(F)F)cc2)c1)N(C)S(=O)(=O)c1ccc(F)cc1. The van der Waals surface area contributed by atoms with E-state index in [1.54, 1.807) is 24.3 Å². The van der Waals surface area contributed by atoms with Crippen molar-refractivity contribution in [2.45, 2.75) is 30.6 Å². The number of nitrogens with zero attached hydrogens (tertiary/aromatic N) is 1. The highest BCUT2D eigenvalue weighted by molar-refractivity contribution is 7.89. The summed E-state index contributed by atoms with van der Waals surface area (Å²) in [4.78, 5) is 12.5. The van der Waals surface area contributed by atoms with Gasteiger partial charge in [0.1, 0.15) is 11.9 Å². The fourth-order valence-corrected chi connectivity index (χ4v) is 4.52. The summed E-state index contributed by atoms with van der Waals surface area (Å²) in [5.74, 6) is -1.13. The molecule has 3 rings (SSSR count). The fraction of sp³-hybridized carbons (Fsp3) is 0.208. The molecular weight excluding hydrogens is 472 g/mol. The van der Waals surface area contributed by atoms with Gasteiger partial charge in [0.2, 0.25) is 15.9 Å². The maximum atomic E-state index is 13.1. The molecule has 1 atom stereocenters. The molecule has 0 saturated carbocycles. The number of alkyl halides is 3. The Hall–Kier alpha value is -3.24. The van der Waals surface area contributed by atoms with E-state index in [0.29, 0.717) is 16.7 Å². The predicted octanol–water partition coefficient (Wildman–Crippen LogP) is 4.84. The number of nitrogens with one attached hydrogen (secondary N) is 1. The zero-order chi connectivity index (χ0) is 25.1. The minimum atomic E-state index is -4.42. The van der Waals surface area contributed by atoms with Crippen LogP contribution in [-0.4, -0.2) is 31.7 Å². The number of halogens is 4. The van der Waals surface area contributed by atoms with Crippen LogP contribution in [0.4, 0.5) is 17.6 Å². The maximum Gasteiger partial charge on any atom is 0.416 e. The third-order valence-corrected chi connectivity index (χ3v) is 7.30. The molecular formula is C24H22F4N2O3S. The second-order valence-corrected chi connectivity index (χ2v) is 9.64. The lowest BCUT2D eigenvalue weighted by Crippen LogP contribution is -2.45. The molecule has 0 spiro atoms. The summed E-state index contributed by atoms with van der Waals surface area (Å²) in [6.07, 6.45) is -4.42. The Morgan fingerprint density at radius 1 is 0.971 bits per heavy atom. The first-order valence-electron chi connectivity index (χ1n) is 10.2. The van der Waals surface area contributed by atoms with E-state index in [2.05, 4.69) is 5.32 Å². The fourth-order valence-electron chi connectivity index (χ4n) is 3.20. The van der Waals surface area contributed by atoms with Crippen molar-refractivity contribution in [1.29, 1.82) is 0 Å². The molecule has 0 aliphatic heterocycles. The summed E-state index contributed by atoms with van der Waals surface area (Å²) in [7, 11) is -2.76. The summed E-state index contributed by atoms with van der Waals surface area (Å²) < 4.78 is 77.7. The van der Waals surface area contributed by atoms with E-state index in [1.165, 1.54) is 26.1 Å². The number of likely N-dealkylation sites (N-methyl/N-ethyl adjacent to an activating group) is 1. The van der Waals surface area contributed by atoms with Crippen molar-refractivity contribution in [3.05, 3.63) is 89.7 Å². The monoisotopic (exact) mass is 494 g/mol. The van der Waals surface area contributed by atoms with Crippen LogP contribution in [0.15, 0.2) is 77.7 Å². The average molecular weight is 495 g/mol. The summed E-state index contributed by atoms with van der Waals surface area (Å²) in [5.41, 5.74) is 1.19. The van der Waals surface area contributed by atoms with Gasteiger partial charge in [-0.2, -0.15) is 17.5 Å². The Labute approximate surface area is 195 Å². The van der Waals surface area contributed by atoms with Crippen LogP contribution in [0, 0.1) is 5.82 Å². The molecule has 0 heterocycles. The quantitative estimate of drug-likeness (QED) is 0.478. The van der Waals surface area contributed by atoms with E-state index < -0.39 is 39.5 Å². The number of benzene rings is 3. The van der Waals surface area contributed by atoms with Gasteiger partial charge in [0.05, 0.1) is 10.5 Å². The lowest BCUT2D eigenvalue weighted by Gasteiger charge is -2.23. The number of amides is 1. The van der Waals surface area contributed by atoms with E-state index in [9.17, 15) is 30.8 Å². The van der Waals surface area contributed by atoms with Crippen LogP contribution in [0.3, 0.4) is 0 Å². The number of hydrogen-bond donors (Lipinski definition) is 1. The molecule has 180 valence electrons. The molecule has 0 aromatic heterocycles. The van der Waals surface area contributed by atoms with Gasteiger partial charge >= 0.3 is 6.18 Å². The van der Waals surface area contributed by atoms with Crippen molar-refractivity contribution in [2.24, 2.45) is 0 Å². The van der Waals surface area contributed by atoms with Crippen LogP contribution in [0.25, 0.3) is 11.1 Å². The van der Waals surface area contributed by atoms with E-state index >= 15 is 0 Å². The van der Waals surface area contributed by atoms with Crippen molar-refractivity contribution in [3.8, 4) is 11.1 Å². The van der Waals surface area contributed by atoms with Crippen LogP contribution >= 0.6 is 0 Å². The zero-order valence-electron chi connectivity index (χ0n) is 18.3. The van der Waals surface area contributed by atoms with Crippen LogP contribution in [0.5, 0.6) is 0 Å². The summed E-state index contributed by atoms with van der Waals surface area (Å²) in [6, 6.07) is 14.9. The first kappa shape index (κ1) is 25.4. The van der Waals surface area contributed by atoms with Gasteiger partial charge in [-0.3, -0.25) is 4.79 Å². The highest BCUT2D eigenvalue weighted by atomic mass is 32.2. The molecule has 0 bridgehead atoms. The molecule has 0 saturated heterocycles. The molecule has 0 fully saturated rings. The number of rotatable bonds is 7. The third-order valence-electron chi connectivity index (χ3n) is 5.35. The van der Waals surface area contributed by atoms with Crippen molar-refractivity contribution < 1.29 is 30.8 Å². The Bertz CT molecular complexity index is 1260. The van der Waals surface area contributed by atoms with Crippen molar-refractivity contribution in [3.63, 3.8) is 0 Å². The van der Waals surface area contributed by atoms with Crippen LogP contribution < -0.4 is 5.32 Å². The van der Waals surface area contributed by atoms with Crippen LogP contribution in [0.2, 0.25) is 0 Å². The van der Waals surface area contributed by atoms with E-state index in [1.807, 2.05) is 0 Å². The number of carbonyl (C=O) groups is 1. The lowest BCUT2D eigenvalue weighted by molar-refractivity contribution is -0.137. The normalized spacial score (nSPS) is 13.0. The van der Waals surface area contributed by atoms with Gasteiger partial charge in [-0.1, -0.05) is 30.3 Å². The second-order valence-electron chi connectivity index (χ2n) is 7.64. The van der Waals surface area contributed by atoms with Gasteiger partial charge in [-0.15, -0.1) is 0 Å². The van der Waals surface area contributed by atoms with E-state index in [4.69, 9.17) is 0 Å². The minimum Gasteiger partial charge on any atom is -0.351 e. The smallest absolute Gasteiger partial charge is 0.351 e. The number of sulfonamides is 1. The molecule has 10 heteroatoms.